The standard InChI is InChI=1S/C24H23N3O3/c1-30-21-11-9-17(10-12-21)24(18-5-4-6-20(15-18)27(28)29)25-14-13-19-16-26-23-8-3-2-7-22(19)23/h2-12,15-16,24-26H,13-14H2,1H3. The van der Waals surface area contributed by atoms with Gasteiger partial charge in [0.05, 0.1) is 18.1 Å². The van der Waals surface area contributed by atoms with Crippen LogP contribution in [0.25, 0.3) is 10.9 Å². The molecule has 1 aromatic heterocycles. The lowest BCUT2D eigenvalue weighted by atomic mass is 9.97. The Morgan fingerprint density at radius 3 is 2.60 bits per heavy atom. The fourth-order valence-electron chi connectivity index (χ4n) is 3.73. The number of H-pyrrole nitrogens is 1. The van der Waals surface area contributed by atoms with Crippen molar-refractivity contribution in [2.24, 2.45) is 0 Å². The molecular weight excluding hydrogens is 378 g/mol. The largest absolute Gasteiger partial charge is 0.497 e. The van der Waals surface area contributed by atoms with Crippen LogP contribution >= 0.6 is 0 Å². The highest BCUT2D eigenvalue weighted by molar-refractivity contribution is 5.83. The Kier molecular flexibility index (Phi) is 5.77. The van der Waals surface area contributed by atoms with Crippen molar-refractivity contribution in [1.82, 2.24) is 10.3 Å². The second-order valence-electron chi connectivity index (χ2n) is 7.12. The Bertz CT molecular complexity index is 1150. The number of ether oxygens (including phenoxy) is 1. The number of aromatic amines is 1. The highest BCUT2D eigenvalue weighted by Crippen LogP contribution is 2.27. The molecule has 4 aromatic rings. The first-order valence-electron chi connectivity index (χ1n) is 9.82. The molecule has 6 heteroatoms. The summed E-state index contributed by atoms with van der Waals surface area (Å²) in [5.74, 6) is 0.773. The zero-order chi connectivity index (χ0) is 20.9. The number of nitro groups is 1. The maximum absolute atomic E-state index is 11.3. The third-order valence-electron chi connectivity index (χ3n) is 5.28. The van der Waals surface area contributed by atoms with Crippen LogP contribution in [0, 0.1) is 10.1 Å². The van der Waals surface area contributed by atoms with Gasteiger partial charge in [-0.25, -0.2) is 0 Å². The summed E-state index contributed by atoms with van der Waals surface area (Å²) in [6.45, 7) is 0.723. The van der Waals surface area contributed by atoms with Crippen molar-refractivity contribution in [2.45, 2.75) is 12.5 Å². The zero-order valence-electron chi connectivity index (χ0n) is 16.7. The van der Waals surface area contributed by atoms with Crippen molar-refractivity contribution in [3.63, 3.8) is 0 Å². The van der Waals surface area contributed by atoms with Gasteiger partial charge in [0.25, 0.3) is 5.69 Å². The van der Waals surface area contributed by atoms with Gasteiger partial charge in [0, 0.05) is 35.8 Å². The fraction of sp³-hybridized carbons (Fsp3) is 0.167. The first kappa shape index (κ1) is 19.7. The molecule has 6 nitrogen and oxygen atoms in total. The lowest BCUT2D eigenvalue weighted by molar-refractivity contribution is -0.384. The van der Waals surface area contributed by atoms with Gasteiger partial charge < -0.3 is 15.0 Å². The van der Waals surface area contributed by atoms with E-state index in [-0.39, 0.29) is 16.7 Å². The number of hydrogen-bond donors (Lipinski definition) is 2. The Hall–Kier alpha value is -3.64. The lowest BCUT2D eigenvalue weighted by Crippen LogP contribution is -2.24. The van der Waals surface area contributed by atoms with Crippen LogP contribution in [0.1, 0.15) is 22.7 Å². The van der Waals surface area contributed by atoms with Crippen LogP contribution < -0.4 is 10.1 Å². The number of nitro benzene ring substituents is 1. The quantitative estimate of drug-likeness (QED) is 0.321. The van der Waals surface area contributed by atoms with Gasteiger partial charge in [0.1, 0.15) is 5.75 Å². The third-order valence-corrected chi connectivity index (χ3v) is 5.28. The second-order valence-corrected chi connectivity index (χ2v) is 7.12. The molecule has 0 spiro atoms. The van der Waals surface area contributed by atoms with E-state index in [1.54, 1.807) is 19.2 Å². The molecule has 0 aliphatic carbocycles. The molecule has 0 fully saturated rings. The number of non-ortho nitro benzene ring substituents is 1. The summed E-state index contributed by atoms with van der Waals surface area (Å²) in [4.78, 5) is 14.2. The van der Waals surface area contributed by atoms with E-state index in [9.17, 15) is 10.1 Å². The van der Waals surface area contributed by atoms with Crippen molar-refractivity contribution in [2.75, 3.05) is 13.7 Å². The molecule has 1 atom stereocenters. The molecule has 0 aliphatic rings. The van der Waals surface area contributed by atoms with Crippen molar-refractivity contribution < 1.29 is 9.66 Å². The molecule has 2 N–H and O–H groups in total. The first-order chi connectivity index (χ1) is 14.7. The number of rotatable bonds is 8. The summed E-state index contributed by atoms with van der Waals surface area (Å²) >= 11 is 0. The molecular formula is C24H23N3O3. The van der Waals surface area contributed by atoms with Gasteiger partial charge in [-0.2, -0.15) is 0 Å². The van der Waals surface area contributed by atoms with Crippen LogP contribution in [0.5, 0.6) is 5.75 Å². The predicted molar refractivity (Wildman–Crippen MR) is 118 cm³/mol. The molecule has 0 aliphatic heterocycles. The summed E-state index contributed by atoms with van der Waals surface area (Å²) in [6.07, 6.45) is 2.88. The smallest absolute Gasteiger partial charge is 0.269 e. The first-order valence-corrected chi connectivity index (χ1v) is 9.82. The number of fused-ring (bicyclic) bond motifs is 1. The van der Waals surface area contributed by atoms with Gasteiger partial charge in [0.15, 0.2) is 0 Å². The molecule has 152 valence electrons. The molecule has 0 amide bonds. The van der Waals surface area contributed by atoms with E-state index in [0.717, 1.165) is 35.4 Å². The van der Waals surface area contributed by atoms with E-state index >= 15 is 0 Å². The van der Waals surface area contributed by atoms with Crippen LogP contribution in [0.2, 0.25) is 0 Å². The minimum Gasteiger partial charge on any atom is -0.497 e. The van der Waals surface area contributed by atoms with Gasteiger partial charge >= 0.3 is 0 Å². The Balaban J connectivity index is 1.58. The molecule has 4 rings (SSSR count). The summed E-state index contributed by atoms with van der Waals surface area (Å²) in [7, 11) is 1.63. The van der Waals surface area contributed by atoms with Crippen molar-refractivity contribution in [3.05, 3.63) is 106 Å². The maximum atomic E-state index is 11.3. The molecule has 1 unspecified atom stereocenters. The average Bonchev–Trinajstić information content (AvgIpc) is 3.20. The van der Waals surface area contributed by atoms with Crippen molar-refractivity contribution in [1.29, 1.82) is 0 Å². The van der Waals surface area contributed by atoms with Gasteiger partial charge in [0.2, 0.25) is 0 Å². The summed E-state index contributed by atoms with van der Waals surface area (Å²) in [6, 6.07) is 22.6. The predicted octanol–water partition coefficient (Wildman–Crippen LogP) is 5.01. The summed E-state index contributed by atoms with van der Waals surface area (Å²) < 4.78 is 5.26. The minimum absolute atomic E-state index is 0.0874. The fourth-order valence-corrected chi connectivity index (χ4v) is 3.73. The van der Waals surface area contributed by atoms with Gasteiger partial charge in [-0.05, 0) is 41.3 Å². The number of benzene rings is 3. The minimum atomic E-state index is -0.361. The number of aromatic nitrogens is 1. The van der Waals surface area contributed by atoms with Crippen molar-refractivity contribution in [3.8, 4) is 5.75 Å². The van der Waals surface area contributed by atoms with E-state index < -0.39 is 0 Å². The SMILES string of the molecule is COc1ccc(C(NCCc2c[nH]c3ccccc23)c2cccc([N+](=O)[O-])c2)cc1. The Labute approximate surface area is 174 Å². The van der Waals surface area contributed by atoms with E-state index in [0.29, 0.717) is 0 Å². The average molecular weight is 401 g/mol. The van der Waals surface area contributed by atoms with Crippen LogP contribution in [-0.4, -0.2) is 23.6 Å². The Morgan fingerprint density at radius 2 is 1.83 bits per heavy atom. The monoisotopic (exact) mass is 401 g/mol. The highest BCUT2D eigenvalue weighted by Gasteiger charge is 2.17. The van der Waals surface area contributed by atoms with Crippen LogP contribution in [0.15, 0.2) is 79.0 Å². The molecule has 30 heavy (non-hydrogen) atoms. The van der Waals surface area contributed by atoms with E-state index in [1.165, 1.54) is 17.0 Å². The molecule has 1 heterocycles. The number of methoxy groups -OCH3 is 1. The third kappa shape index (κ3) is 4.18. The second kappa shape index (κ2) is 8.80. The molecule has 0 saturated heterocycles. The number of hydrogen-bond acceptors (Lipinski definition) is 4. The number of para-hydroxylation sites is 1. The molecule has 0 bridgehead atoms. The van der Waals surface area contributed by atoms with E-state index in [2.05, 4.69) is 22.4 Å². The maximum Gasteiger partial charge on any atom is 0.269 e. The number of nitrogens with one attached hydrogen (secondary N) is 2. The topological polar surface area (TPSA) is 80.2 Å². The molecule has 0 radical (unpaired) electrons. The van der Waals surface area contributed by atoms with Crippen LogP contribution in [0.4, 0.5) is 5.69 Å². The van der Waals surface area contributed by atoms with E-state index in [1.807, 2.05) is 48.7 Å². The van der Waals surface area contributed by atoms with Crippen LogP contribution in [-0.2, 0) is 6.42 Å². The van der Waals surface area contributed by atoms with E-state index in [4.69, 9.17) is 4.74 Å². The van der Waals surface area contributed by atoms with Crippen molar-refractivity contribution >= 4 is 16.6 Å². The molecule has 0 saturated carbocycles. The Morgan fingerprint density at radius 1 is 1.03 bits per heavy atom. The summed E-state index contributed by atoms with van der Waals surface area (Å²) in [5.41, 5.74) is 4.33. The van der Waals surface area contributed by atoms with Gasteiger partial charge in [-0.1, -0.05) is 42.5 Å². The summed E-state index contributed by atoms with van der Waals surface area (Å²) in [5, 5.41) is 16.1. The molecule has 3 aromatic carbocycles. The highest BCUT2D eigenvalue weighted by atomic mass is 16.6. The lowest BCUT2D eigenvalue weighted by Gasteiger charge is -2.20. The number of nitrogens with zero attached hydrogens (tertiary/aromatic N) is 1. The van der Waals surface area contributed by atoms with Crippen LogP contribution in [0.3, 0.4) is 0 Å². The normalized spacial score (nSPS) is 12.0. The zero-order valence-corrected chi connectivity index (χ0v) is 16.7. The van der Waals surface area contributed by atoms with Gasteiger partial charge in [-0.3, -0.25) is 10.1 Å². The van der Waals surface area contributed by atoms with Gasteiger partial charge in [-0.15, -0.1) is 0 Å².